The minimum Gasteiger partial charge on any atom is -0.497 e. The van der Waals surface area contributed by atoms with Crippen LogP contribution in [0.1, 0.15) is 43.0 Å². The molecule has 1 aromatic rings. The highest BCUT2D eigenvalue weighted by Crippen LogP contribution is 2.35. The molecular weight excluding hydrogens is 287 g/mol. The highest BCUT2D eigenvalue weighted by atomic mass is 79.9. The number of hydrogen-bond acceptors (Lipinski definition) is 1. The summed E-state index contributed by atoms with van der Waals surface area (Å²) in [5.41, 5.74) is 1.15. The van der Waals surface area contributed by atoms with E-state index in [2.05, 4.69) is 22.9 Å². The Morgan fingerprint density at radius 1 is 1.38 bits per heavy atom. The molecule has 0 saturated heterocycles. The minimum atomic E-state index is 0.345. The first kappa shape index (κ1) is 13.9. The smallest absolute Gasteiger partial charge is 0.120 e. The zero-order valence-electron chi connectivity index (χ0n) is 9.80. The Kier molecular flexibility index (Phi) is 6.22. The van der Waals surface area contributed by atoms with E-state index in [1.54, 1.807) is 7.11 Å². The number of unbranched alkanes of at least 4 members (excludes halogenated alkanes) is 2. The molecule has 3 heteroatoms. The van der Waals surface area contributed by atoms with Gasteiger partial charge < -0.3 is 4.74 Å². The van der Waals surface area contributed by atoms with Crippen LogP contribution >= 0.6 is 27.5 Å². The summed E-state index contributed by atoms with van der Waals surface area (Å²) in [6.07, 6.45) is 4.88. The first-order valence-corrected chi connectivity index (χ1v) is 6.96. The Morgan fingerprint density at radius 2 is 2.12 bits per heavy atom. The lowest BCUT2D eigenvalue weighted by atomic mass is 10.1. The van der Waals surface area contributed by atoms with Gasteiger partial charge in [-0.3, -0.25) is 0 Å². The predicted octanol–water partition coefficient (Wildman–Crippen LogP) is 5.36. The monoisotopic (exact) mass is 304 g/mol. The molecule has 0 aliphatic heterocycles. The first-order chi connectivity index (χ1) is 7.69. The van der Waals surface area contributed by atoms with E-state index in [4.69, 9.17) is 16.3 Å². The molecule has 0 bridgehead atoms. The van der Waals surface area contributed by atoms with Gasteiger partial charge in [-0.15, -0.1) is 0 Å². The van der Waals surface area contributed by atoms with Crippen molar-refractivity contribution in [3.05, 3.63) is 28.8 Å². The molecule has 0 radical (unpaired) electrons. The molecule has 1 atom stereocenters. The van der Waals surface area contributed by atoms with Crippen LogP contribution in [0.2, 0.25) is 5.02 Å². The molecule has 0 heterocycles. The van der Waals surface area contributed by atoms with Gasteiger partial charge in [0.15, 0.2) is 0 Å². The highest BCUT2D eigenvalue weighted by molar-refractivity contribution is 9.09. The van der Waals surface area contributed by atoms with Gasteiger partial charge in [-0.2, -0.15) is 0 Å². The fourth-order valence-electron chi connectivity index (χ4n) is 1.62. The standard InChI is InChI=1S/C13H18BrClO/c1-3-4-5-6-12(14)11-8-7-10(16-2)9-13(11)15/h7-9,12H,3-6H2,1-2H3. The van der Waals surface area contributed by atoms with E-state index in [0.29, 0.717) is 4.83 Å². The zero-order valence-corrected chi connectivity index (χ0v) is 12.1. The van der Waals surface area contributed by atoms with Crippen LogP contribution in [0.25, 0.3) is 0 Å². The summed E-state index contributed by atoms with van der Waals surface area (Å²) in [5, 5.41) is 0.776. The van der Waals surface area contributed by atoms with Crippen LogP contribution in [0.4, 0.5) is 0 Å². The summed E-state index contributed by atoms with van der Waals surface area (Å²) >= 11 is 9.89. The molecule has 1 nitrogen and oxygen atoms in total. The molecule has 0 aliphatic carbocycles. The molecule has 0 amide bonds. The second kappa shape index (κ2) is 7.18. The summed E-state index contributed by atoms with van der Waals surface area (Å²) in [5.74, 6) is 0.807. The van der Waals surface area contributed by atoms with Gasteiger partial charge in [0, 0.05) is 9.85 Å². The van der Waals surface area contributed by atoms with Crippen molar-refractivity contribution in [3.63, 3.8) is 0 Å². The topological polar surface area (TPSA) is 9.23 Å². The third-order valence-electron chi connectivity index (χ3n) is 2.61. The molecule has 0 fully saturated rings. The normalized spacial score (nSPS) is 12.5. The van der Waals surface area contributed by atoms with Crippen LogP contribution in [-0.2, 0) is 0 Å². The van der Waals surface area contributed by atoms with E-state index in [9.17, 15) is 0 Å². The molecule has 0 N–H and O–H groups in total. The molecular formula is C13H18BrClO. The van der Waals surface area contributed by atoms with Crippen molar-refractivity contribution in [2.24, 2.45) is 0 Å². The number of benzene rings is 1. The van der Waals surface area contributed by atoms with E-state index in [1.165, 1.54) is 19.3 Å². The van der Waals surface area contributed by atoms with Gasteiger partial charge in [-0.05, 0) is 24.1 Å². The number of halogens is 2. The average molecular weight is 306 g/mol. The van der Waals surface area contributed by atoms with Crippen LogP contribution in [0.3, 0.4) is 0 Å². The van der Waals surface area contributed by atoms with E-state index >= 15 is 0 Å². The first-order valence-electron chi connectivity index (χ1n) is 5.66. The maximum absolute atomic E-state index is 6.21. The molecule has 90 valence electrons. The highest BCUT2D eigenvalue weighted by Gasteiger charge is 2.11. The largest absolute Gasteiger partial charge is 0.497 e. The Labute approximate surface area is 111 Å². The van der Waals surface area contributed by atoms with Gasteiger partial charge in [0.2, 0.25) is 0 Å². The van der Waals surface area contributed by atoms with Crippen LogP contribution in [0.15, 0.2) is 18.2 Å². The van der Waals surface area contributed by atoms with Gasteiger partial charge in [0.05, 0.1) is 7.11 Å². The van der Waals surface area contributed by atoms with Crippen LogP contribution in [0, 0.1) is 0 Å². The molecule has 0 aliphatic rings. The third-order valence-corrected chi connectivity index (χ3v) is 3.88. The quantitative estimate of drug-likeness (QED) is 0.507. The zero-order chi connectivity index (χ0) is 12.0. The average Bonchev–Trinajstić information content (AvgIpc) is 2.29. The van der Waals surface area contributed by atoms with Gasteiger partial charge in [-0.25, -0.2) is 0 Å². The SMILES string of the molecule is CCCCCC(Br)c1ccc(OC)cc1Cl. The summed E-state index contributed by atoms with van der Waals surface area (Å²) < 4.78 is 5.13. The summed E-state index contributed by atoms with van der Waals surface area (Å²) in [6, 6.07) is 5.85. The van der Waals surface area contributed by atoms with Crippen LogP contribution in [-0.4, -0.2) is 7.11 Å². The maximum Gasteiger partial charge on any atom is 0.120 e. The van der Waals surface area contributed by atoms with E-state index < -0.39 is 0 Å². The van der Waals surface area contributed by atoms with Crippen molar-refractivity contribution in [1.29, 1.82) is 0 Å². The summed E-state index contributed by atoms with van der Waals surface area (Å²) in [4.78, 5) is 0.345. The molecule has 16 heavy (non-hydrogen) atoms. The lowest BCUT2D eigenvalue weighted by Gasteiger charge is -2.12. The Bertz CT molecular complexity index is 328. The van der Waals surface area contributed by atoms with Crippen molar-refractivity contribution >= 4 is 27.5 Å². The number of methoxy groups -OCH3 is 1. The number of hydrogen-bond donors (Lipinski definition) is 0. The fraction of sp³-hybridized carbons (Fsp3) is 0.538. The molecule has 0 spiro atoms. The van der Waals surface area contributed by atoms with Crippen LogP contribution < -0.4 is 4.74 Å². The van der Waals surface area contributed by atoms with Crippen molar-refractivity contribution in [2.45, 2.75) is 37.4 Å². The Morgan fingerprint density at radius 3 is 2.69 bits per heavy atom. The molecule has 1 aromatic carbocycles. The van der Waals surface area contributed by atoms with Crippen molar-refractivity contribution in [2.75, 3.05) is 7.11 Å². The lowest BCUT2D eigenvalue weighted by molar-refractivity contribution is 0.414. The predicted molar refractivity (Wildman–Crippen MR) is 73.8 cm³/mol. The van der Waals surface area contributed by atoms with Gasteiger partial charge in [0.1, 0.15) is 5.75 Å². The number of alkyl halides is 1. The second-order valence-electron chi connectivity index (χ2n) is 3.85. The number of rotatable bonds is 6. The number of ether oxygens (including phenoxy) is 1. The fourth-order valence-corrected chi connectivity index (χ4v) is 2.77. The molecule has 0 aromatic heterocycles. The maximum atomic E-state index is 6.21. The molecule has 0 saturated carbocycles. The van der Waals surface area contributed by atoms with Crippen molar-refractivity contribution in [3.8, 4) is 5.75 Å². The lowest BCUT2D eigenvalue weighted by Crippen LogP contribution is -1.93. The molecule has 1 rings (SSSR count). The molecule has 1 unspecified atom stereocenters. The van der Waals surface area contributed by atoms with Gasteiger partial charge in [0.25, 0.3) is 0 Å². The van der Waals surface area contributed by atoms with Gasteiger partial charge in [-0.1, -0.05) is 59.8 Å². The Balaban J connectivity index is 2.64. The van der Waals surface area contributed by atoms with Gasteiger partial charge >= 0.3 is 0 Å². The summed E-state index contributed by atoms with van der Waals surface area (Å²) in [7, 11) is 1.65. The van der Waals surface area contributed by atoms with Crippen LogP contribution in [0.5, 0.6) is 5.75 Å². The van der Waals surface area contributed by atoms with Crippen molar-refractivity contribution < 1.29 is 4.74 Å². The third kappa shape index (κ3) is 3.99. The second-order valence-corrected chi connectivity index (χ2v) is 5.36. The summed E-state index contributed by atoms with van der Waals surface area (Å²) in [6.45, 7) is 2.21. The van der Waals surface area contributed by atoms with Crippen molar-refractivity contribution in [1.82, 2.24) is 0 Å². The van der Waals surface area contributed by atoms with E-state index in [-0.39, 0.29) is 0 Å². The van der Waals surface area contributed by atoms with E-state index in [0.717, 1.165) is 22.8 Å². The Hall–Kier alpha value is -0.210. The minimum absolute atomic E-state index is 0.345. The van der Waals surface area contributed by atoms with E-state index in [1.807, 2.05) is 18.2 Å².